The average molecular weight is 315 g/mol. The molecule has 1 saturated heterocycles. The van der Waals surface area contributed by atoms with E-state index >= 15 is 0 Å². The Labute approximate surface area is 135 Å². The Kier molecular flexibility index (Phi) is 4.27. The second-order valence-electron chi connectivity index (χ2n) is 6.00. The molecule has 2 aromatic rings. The van der Waals surface area contributed by atoms with Crippen LogP contribution >= 0.6 is 11.3 Å². The number of amides is 1. The van der Waals surface area contributed by atoms with Crippen molar-refractivity contribution < 1.29 is 4.79 Å². The number of rotatable bonds is 2. The maximum Gasteiger partial charge on any atom is 0.254 e. The van der Waals surface area contributed by atoms with Gasteiger partial charge >= 0.3 is 0 Å². The minimum Gasteiger partial charge on any atom is -0.336 e. The van der Waals surface area contributed by atoms with Gasteiger partial charge < -0.3 is 10.6 Å². The SMILES string of the molecule is Cc1csc(-c2ccc(C(=O)N3CC[C@H](N)C[C@@H]3C)cc2)n1. The molecule has 1 fully saturated rings. The molecular formula is C17H21N3OS. The highest BCUT2D eigenvalue weighted by Gasteiger charge is 2.27. The Hall–Kier alpha value is -1.72. The predicted octanol–water partition coefficient (Wildman–Crippen LogP) is 3.07. The molecular weight excluding hydrogens is 294 g/mol. The van der Waals surface area contributed by atoms with Gasteiger partial charge in [-0.05, 0) is 38.8 Å². The Morgan fingerprint density at radius 2 is 2.09 bits per heavy atom. The lowest BCUT2D eigenvalue weighted by molar-refractivity contribution is 0.0619. The largest absolute Gasteiger partial charge is 0.336 e. The number of piperidine rings is 1. The molecule has 0 radical (unpaired) electrons. The first-order valence-corrected chi connectivity index (χ1v) is 8.51. The van der Waals surface area contributed by atoms with Crippen LogP contribution in [0.25, 0.3) is 10.6 Å². The minimum absolute atomic E-state index is 0.0984. The zero-order valence-corrected chi connectivity index (χ0v) is 13.8. The summed E-state index contributed by atoms with van der Waals surface area (Å²) >= 11 is 1.63. The highest BCUT2D eigenvalue weighted by atomic mass is 32.1. The third-order valence-electron chi connectivity index (χ3n) is 4.18. The number of carbonyl (C=O) groups excluding carboxylic acids is 1. The van der Waals surface area contributed by atoms with Crippen molar-refractivity contribution in [3.63, 3.8) is 0 Å². The van der Waals surface area contributed by atoms with Gasteiger partial charge in [0.1, 0.15) is 5.01 Å². The zero-order valence-electron chi connectivity index (χ0n) is 13.0. The van der Waals surface area contributed by atoms with Gasteiger partial charge in [-0.25, -0.2) is 4.98 Å². The summed E-state index contributed by atoms with van der Waals surface area (Å²) in [6, 6.07) is 8.18. The number of nitrogens with zero attached hydrogens (tertiary/aromatic N) is 2. The van der Waals surface area contributed by atoms with Crippen molar-refractivity contribution in [3.8, 4) is 10.6 Å². The minimum atomic E-state index is 0.0984. The number of nitrogens with two attached hydrogens (primary N) is 1. The number of hydrogen-bond donors (Lipinski definition) is 1. The van der Waals surface area contributed by atoms with Crippen LogP contribution in [-0.4, -0.2) is 34.4 Å². The van der Waals surface area contributed by atoms with Gasteiger partial charge in [0.05, 0.1) is 0 Å². The van der Waals surface area contributed by atoms with Gasteiger partial charge in [0.25, 0.3) is 5.91 Å². The molecule has 2 heterocycles. The number of carbonyl (C=O) groups is 1. The molecule has 0 aliphatic carbocycles. The molecule has 1 aliphatic rings. The van der Waals surface area contributed by atoms with Crippen molar-refractivity contribution in [3.05, 3.63) is 40.9 Å². The summed E-state index contributed by atoms with van der Waals surface area (Å²) in [4.78, 5) is 19.1. The van der Waals surface area contributed by atoms with Crippen LogP contribution in [0.2, 0.25) is 0 Å². The number of aryl methyl sites for hydroxylation is 1. The molecule has 1 aromatic heterocycles. The molecule has 116 valence electrons. The van der Waals surface area contributed by atoms with Gasteiger partial charge in [-0.3, -0.25) is 4.79 Å². The standard InChI is InChI=1S/C17H21N3OS/c1-11-10-22-16(19-11)13-3-5-14(6-4-13)17(21)20-8-7-15(18)9-12(20)2/h3-6,10,12,15H,7-9,18H2,1-2H3/t12-,15-/m0/s1. The highest BCUT2D eigenvalue weighted by Crippen LogP contribution is 2.25. The van der Waals surface area contributed by atoms with E-state index in [1.807, 2.05) is 41.5 Å². The molecule has 2 atom stereocenters. The summed E-state index contributed by atoms with van der Waals surface area (Å²) in [5.74, 6) is 0.0984. The van der Waals surface area contributed by atoms with E-state index in [4.69, 9.17) is 5.73 Å². The molecule has 3 rings (SSSR count). The van der Waals surface area contributed by atoms with E-state index in [0.29, 0.717) is 0 Å². The van der Waals surface area contributed by atoms with Gasteiger partial charge in [-0.1, -0.05) is 12.1 Å². The number of aromatic nitrogens is 1. The first kappa shape index (κ1) is 15.2. The van der Waals surface area contributed by atoms with Crippen molar-refractivity contribution in [2.24, 2.45) is 5.73 Å². The molecule has 22 heavy (non-hydrogen) atoms. The molecule has 1 amide bonds. The topological polar surface area (TPSA) is 59.2 Å². The van der Waals surface area contributed by atoms with Gasteiger partial charge in [0, 0.05) is 40.8 Å². The summed E-state index contributed by atoms with van der Waals surface area (Å²) in [6.45, 7) is 4.80. The quantitative estimate of drug-likeness (QED) is 0.926. The Morgan fingerprint density at radius 3 is 2.68 bits per heavy atom. The van der Waals surface area contributed by atoms with Crippen LogP contribution in [0, 0.1) is 6.92 Å². The fourth-order valence-corrected chi connectivity index (χ4v) is 3.72. The number of likely N-dealkylation sites (tertiary alicyclic amines) is 1. The van der Waals surface area contributed by atoms with Gasteiger partial charge in [0.2, 0.25) is 0 Å². The summed E-state index contributed by atoms with van der Waals surface area (Å²) in [6.07, 6.45) is 1.76. The van der Waals surface area contributed by atoms with E-state index in [2.05, 4.69) is 11.9 Å². The monoisotopic (exact) mass is 315 g/mol. The van der Waals surface area contributed by atoms with Crippen LogP contribution in [0.15, 0.2) is 29.6 Å². The molecule has 1 aromatic carbocycles. The van der Waals surface area contributed by atoms with Crippen LogP contribution < -0.4 is 5.73 Å². The fraction of sp³-hybridized carbons (Fsp3) is 0.412. The van der Waals surface area contributed by atoms with E-state index < -0.39 is 0 Å². The number of benzene rings is 1. The normalized spacial score (nSPS) is 21.9. The van der Waals surface area contributed by atoms with Gasteiger partial charge in [-0.15, -0.1) is 11.3 Å². The molecule has 2 N–H and O–H groups in total. The molecule has 1 aliphatic heterocycles. The summed E-state index contributed by atoms with van der Waals surface area (Å²) in [7, 11) is 0. The lowest BCUT2D eigenvalue weighted by atomic mass is 9.98. The number of hydrogen-bond acceptors (Lipinski definition) is 4. The smallest absolute Gasteiger partial charge is 0.254 e. The summed E-state index contributed by atoms with van der Waals surface area (Å²) in [5.41, 5.74) is 8.79. The third-order valence-corrected chi connectivity index (χ3v) is 5.18. The predicted molar refractivity (Wildman–Crippen MR) is 90.0 cm³/mol. The van der Waals surface area contributed by atoms with Crippen molar-refractivity contribution in [1.29, 1.82) is 0 Å². The van der Waals surface area contributed by atoms with E-state index in [-0.39, 0.29) is 18.0 Å². The van der Waals surface area contributed by atoms with Gasteiger partial charge in [-0.2, -0.15) is 0 Å². The highest BCUT2D eigenvalue weighted by molar-refractivity contribution is 7.13. The first-order chi connectivity index (χ1) is 10.5. The van der Waals surface area contributed by atoms with E-state index in [1.54, 1.807) is 11.3 Å². The second-order valence-corrected chi connectivity index (χ2v) is 6.86. The average Bonchev–Trinajstić information content (AvgIpc) is 2.93. The van der Waals surface area contributed by atoms with Crippen molar-refractivity contribution in [2.45, 2.75) is 38.8 Å². The Balaban J connectivity index is 1.76. The van der Waals surface area contributed by atoms with Crippen LogP contribution in [0.5, 0.6) is 0 Å². The molecule has 5 heteroatoms. The second kappa shape index (κ2) is 6.18. The van der Waals surface area contributed by atoms with Gasteiger partial charge in [0.15, 0.2) is 0 Å². The van der Waals surface area contributed by atoms with Crippen LogP contribution in [0.3, 0.4) is 0 Å². The molecule has 4 nitrogen and oxygen atoms in total. The van der Waals surface area contributed by atoms with Crippen molar-refractivity contribution in [1.82, 2.24) is 9.88 Å². The number of thiazole rings is 1. The van der Waals surface area contributed by atoms with Crippen LogP contribution in [-0.2, 0) is 0 Å². The Bertz CT molecular complexity index is 665. The maximum absolute atomic E-state index is 12.6. The van der Waals surface area contributed by atoms with E-state index in [9.17, 15) is 4.79 Å². The maximum atomic E-state index is 12.6. The Morgan fingerprint density at radius 1 is 1.36 bits per heavy atom. The zero-order chi connectivity index (χ0) is 15.7. The summed E-state index contributed by atoms with van der Waals surface area (Å²) in [5, 5.41) is 3.03. The third kappa shape index (κ3) is 3.05. The lowest BCUT2D eigenvalue weighted by Gasteiger charge is -2.36. The van der Waals surface area contributed by atoms with Crippen LogP contribution in [0.1, 0.15) is 35.8 Å². The molecule has 0 bridgehead atoms. The molecule has 0 saturated carbocycles. The lowest BCUT2D eigenvalue weighted by Crippen LogP contribution is -2.48. The summed E-state index contributed by atoms with van der Waals surface area (Å²) < 4.78 is 0. The fourth-order valence-electron chi connectivity index (χ4n) is 2.92. The first-order valence-electron chi connectivity index (χ1n) is 7.63. The van der Waals surface area contributed by atoms with Crippen LogP contribution in [0.4, 0.5) is 0 Å². The molecule has 0 spiro atoms. The molecule has 0 unspecified atom stereocenters. The van der Waals surface area contributed by atoms with E-state index in [0.717, 1.165) is 41.2 Å². The van der Waals surface area contributed by atoms with Crippen molar-refractivity contribution >= 4 is 17.2 Å². The van der Waals surface area contributed by atoms with Crippen molar-refractivity contribution in [2.75, 3.05) is 6.54 Å². The van der Waals surface area contributed by atoms with E-state index in [1.165, 1.54) is 0 Å².